The molecule has 0 saturated heterocycles. The van der Waals surface area contributed by atoms with Gasteiger partial charge in [0.25, 0.3) is 0 Å². The molecule has 2 aliphatic rings. The number of methoxy groups -OCH3 is 2. The Kier molecular flexibility index (Phi) is 6.08. The number of hydrogen-bond donors (Lipinski definition) is 0. The van der Waals surface area contributed by atoms with Gasteiger partial charge >= 0.3 is 0 Å². The first-order chi connectivity index (χ1) is 12.7. The van der Waals surface area contributed by atoms with Gasteiger partial charge in [0.1, 0.15) is 0 Å². The van der Waals surface area contributed by atoms with Crippen LogP contribution in [0.2, 0.25) is 0 Å². The minimum atomic E-state index is 0.558. The fraction of sp³-hybridized carbons (Fsp3) is 0.478. The second-order valence-electron chi connectivity index (χ2n) is 7.21. The molecule has 0 aliphatic heterocycles. The zero-order chi connectivity index (χ0) is 18.5. The Morgan fingerprint density at radius 3 is 2.58 bits per heavy atom. The fourth-order valence-corrected chi connectivity index (χ4v) is 4.26. The summed E-state index contributed by atoms with van der Waals surface area (Å²) < 4.78 is 16.5. The lowest BCUT2D eigenvalue weighted by molar-refractivity contribution is 0.224. The maximum Gasteiger partial charge on any atom is 0.160 e. The molecule has 0 spiro atoms. The molecule has 0 amide bonds. The third-order valence-electron chi connectivity index (χ3n) is 5.61. The molecule has 3 atom stereocenters. The van der Waals surface area contributed by atoms with E-state index in [4.69, 9.17) is 14.2 Å². The third-order valence-corrected chi connectivity index (χ3v) is 5.61. The average molecular weight is 354 g/mol. The van der Waals surface area contributed by atoms with E-state index in [1.54, 1.807) is 14.2 Å². The summed E-state index contributed by atoms with van der Waals surface area (Å²) >= 11 is 0. The Morgan fingerprint density at radius 1 is 1.04 bits per heavy atom. The average Bonchev–Trinajstić information content (AvgIpc) is 2.89. The molecule has 3 unspecified atom stereocenters. The number of rotatable bonds is 6. The van der Waals surface area contributed by atoms with Gasteiger partial charge in [0.05, 0.1) is 26.6 Å². The van der Waals surface area contributed by atoms with E-state index in [1.807, 2.05) is 13.0 Å². The monoisotopic (exact) mass is 354 g/mol. The molecule has 1 saturated carbocycles. The Balaban J connectivity index is 1.78. The normalized spacial score (nSPS) is 25.3. The zero-order valence-electron chi connectivity index (χ0n) is 16.3. The van der Waals surface area contributed by atoms with Gasteiger partial charge in [-0.2, -0.15) is 0 Å². The molecule has 0 bridgehead atoms. The van der Waals surface area contributed by atoms with Gasteiger partial charge in [0.15, 0.2) is 11.5 Å². The van der Waals surface area contributed by atoms with Crippen molar-refractivity contribution in [3.05, 3.63) is 59.4 Å². The summed E-state index contributed by atoms with van der Waals surface area (Å²) in [6, 6.07) is 6.35. The van der Waals surface area contributed by atoms with Crippen molar-refractivity contribution < 1.29 is 14.2 Å². The Labute approximate surface area is 157 Å². The molecular formula is C23H30O3. The summed E-state index contributed by atoms with van der Waals surface area (Å²) in [4.78, 5) is 0. The Morgan fingerprint density at radius 2 is 1.85 bits per heavy atom. The fourth-order valence-electron chi connectivity index (χ4n) is 4.26. The molecular weight excluding hydrogens is 324 g/mol. The Hall–Kier alpha value is -2.16. The van der Waals surface area contributed by atoms with E-state index in [0.717, 1.165) is 30.3 Å². The van der Waals surface area contributed by atoms with E-state index in [9.17, 15) is 0 Å². The van der Waals surface area contributed by atoms with Crippen LogP contribution < -0.4 is 9.47 Å². The summed E-state index contributed by atoms with van der Waals surface area (Å²) in [6.45, 7) is 5.13. The lowest BCUT2D eigenvalue weighted by Crippen LogP contribution is -2.05. The number of allylic oxidation sites excluding steroid dienone is 5. The maximum absolute atomic E-state index is 5.68. The van der Waals surface area contributed by atoms with Crippen LogP contribution in [0.1, 0.15) is 44.6 Å². The smallest absolute Gasteiger partial charge is 0.160 e. The van der Waals surface area contributed by atoms with Crippen LogP contribution in [0.15, 0.2) is 53.8 Å². The molecule has 3 heteroatoms. The molecule has 1 aromatic carbocycles. The minimum absolute atomic E-state index is 0.558. The molecule has 0 N–H and O–H groups in total. The van der Waals surface area contributed by atoms with Crippen molar-refractivity contribution in [3.8, 4) is 11.5 Å². The van der Waals surface area contributed by atoms with Crippen molar-refractivity contribution in [2.45, 2.75) is 39.0 Å². The van der Waals surface area contributed by atoms with Crippen molar-refractivity contribution in [2.24, 2.45) is 11.8 Å². The molecule has 0 aromatic heterocycles. The van der Waals surface area contributed by atoms with Gasteiger partial charge in [-0.3, -0.25) is 0 Å². The minimum Gasteiger partial charge on any atom is -0.498 e. The standard InChI is InChI=1S/C23H30O3/c1-5-26-20-8-6-7-17(9-11-20)21-14-19(13-16(21)2)18-10-12-22(24-3)23(15-18)25-4/h6-7,9-12,15-16,19,21H,5,8,13-14H2,1-4H3. The van der Waals surface area contributed by atoms with Crippen LogP contribution in [0.4, 0.5) is 0 Å². The highest BCUT2D eigenvalue weighted by atomic mass is 16.5. The van der Waals surface area contributed by atoms with Gasteiger partial charge in [-0.1, -0.05) is 31.2 Å². The third kappa shape index (κ3) is 3.98. The van der Waals surface area contributed by atoms with E-state index < -0.39 is 0 Å². The molecule has 2 aliphatic carbocycles. The SMILES string of the molecule is CCOC1=CC=C(C2CC(c3ccc(OC)c(OC)c3)CC2C)C=CC1. The first-order valence-electron chi connectivity index (χ1n) is 9.58. The lowest BCUT2D eigenvalue weighted by atomic mass is 9.89. The second kappa shape index (κ2) is 8.48. The number of hydrogen-bond acceptors (Lipinski definition) is 3. The van der Waals surface area contributed by atoms with Crippen LogP contribution in [0.3, 0.4) is 0 Å². The largest absolute Gasteiger partial charge is 0.498 e. The van der Waals surface area contributed by atoms with Gasteiger partial charge in [0.2, 0.25) is 0 Å². The van der Waals surface area contributed by atoms with E-state index in [0.29, 0.717) is 17.8 Å². The van der Waals surface area contributed by atoms with Gasteiger partial charge in [-0.05, 0) is 66.9 Å². The molecule has 0 radical (unpaired) electrons. The van der Waals surface area contributed by atoms with E-state index in [2.05, 4.69) is 43.4 Å². The summed E-state index contributed by atoms with van der Waals surface area (Å²) in [5.41, 5.74) is 2.77. The van der Waals surface area contributed by atoms with Gasteiger partial charge < -0.3 is 14.2 Å². The first-order valence-corrected chi connectivity index (χ1v) is 9.58. The van der Waals surface area contributed by atoms with Crippen molar-refractivity contribution in [1.82, 2.24) is 0 Å². The topological polar surface area (TPSA) is 27.7 Å². The predicted octanol–water partition coefficient (Wildman–Crippen LogP) is 5.64. The van der Waals surface area contributed by atoms with E-state index >= 15 is 0 Å². The van der Waals surface area contributed by atoms with Crippen molar-refractivity contribution in [2.75, 3.05) is 20.8 Å². The van der Waals surface area contributed by atoms with Gasteiger partial charge in [-0.25, -0.2) is 0 Å². The van der Waals surface area contributed by atoms with E-state index in [-0.39, 0.29) is 0 Å². The summed E-state index contributed by atoms with van der Waals surface area (Å²) in [5.74, 6) is 4.47. The van der Waals surface area contributed by atoms with Crippen molar-refractivity contribution in [3.63, 3.8) is 0 Å². The molecule has 0 heterocycles. The highest BCUT2D eigenvalue weighted by molar-refractivity contribution is 5.44. The predicted molar refractivity (Wildman–Crippen MR) is 106 cm³/mol. The molecule has 1 aromatic rings. The van der Waals surface area contributed by atoms with Gasteiger partial charge in [0, 0.05) is 6.42 Å². The van der Waals surface area contributed by atoms with Crippen LogP contribution in [0.25, 0.3) is 0 Å². The van der Waals surface area contributed by atoms with E-state index in [1.165, 1.54) is 24.0 Å². The second-order valence-corrected chi connectivity index (χ2v) is 7.21. The summed E-state index contributed by atoms with van der Waals surface area (Å²) in [6.07, 6.45) is 12.2. The highest BCUT2D eigenvalue weighted by Gasteiger charge is 2.34. The van der Waals surface area contributed by atoms with Crippen molar-refractivity contribution >= 4 is 0 Å². The van der Waals surface area contributed by atoms with Crippen LogP contribution in [-0.4, -0.2) is 20.8 Å². The van der Waals surface area contributed by atoms with Crippen LogP contribution in [0.5, 0.6) is 11.5 Å². The summed E-state index contributed by atoms with van der Waals surface area (Å²) in [5, 5.41) is 0. The first kappa shape index (κ1) is 18.6. The quantitative estimate of drug-likeness (QED) is 0.661. The Bertz CT molecular complexity index is 714. The molecule has 1 fully saturated rings. The number of benzene rings is 1. The molecule has 26 heavy (non-hydrogen) atoms. The maximum atomic E-state index is 5.68. The van der Waals surface area contributed by atoms with Crippen molar-refractivity contribution in [1.29, 1.82) is 0 Å². The molecule has 3 rings (SSSR count). The van der Waals surface area contributed by atoms with Gasteiger partial charge in [-0.15, -0.1) is 0 Å². The van der Waals surface area contributed by atoms with Crippen LogP contribution in [0, 0.1) is 11.8 Å². The lowest BCUT2D eigenvalue weighted by Gasteiger charge is -2.16. The molecule has 140 valence electrons. The molecule has 3 nitrogen and oxygen atoms in total. The zero-order valence-corrected chi connectivity index (χ0v) is 16.3. The van der Waals surface area contributed by atoms with Crippen LogP contribution in [-0.2, 0) is 4.74 Å². The number of ether oxygens (including phenoxy) is 3. The highest BCUT2D eigenvalue weighted by Crippen LogP contribution is 2.47. The van der Waals surface area contributed by atoms with Crippen LogP contribution >= 0.6 is 0 Å². The summed E-state index contributed by atoms with van der Waals surface area (Å²) in [7, 11) is 3.38.